The van der Waals surface area contributed by atoms with Crippen LogP contribution in [0.4, 0.5) is 0 Å². The molecule has 0 radical (unpaired) electrons. The van der Waals surface area contributed by atoms with Gasteiger partial charge in [-0.2, -0.15) is 5.26 Å². The predicted molar refractivity (Wildman–Crippen MR) is 73.2 cm³/mol. The lowest BCUT2D eigenvalue weighted by Crippen LogP contribution is -2.49. The minimum atomic E-state index is -0.584. The van der Waals surface area contributed by atoms with Crippen LogP contribution in [0.5, 0.6) is 11.5 Å². The van der Waals surface area contributed by atoms with Crippen LogP contribution in [-0.4, -0.2) is 25.8 Å². The molecule has 1 aliphatic rings. The standard InChI is InChI=1S/C15H20N2O2/c1-3-18-13-6-4-5-7-14(13)19-11-15(10-16,17-2)12-8-9-12/h4-7,12,17H,3,8-9,11H2,1-2H3. The van der Waals surface area contributed by atoms with Crippen LogP contribution in [0, 0.1) is 17.2 Å². The zero-order valence-corrected chi connectivity index (χ0v) is 11.5. The molecule has 1 atom stereocenters. The minimum Gasteiger partial charge on any atom is -0.490 e. The van der Waals surface area contributed by atoms with E-state index in [0.717, 1.165) is 18.6 Å². The molecule has 1 aliphatic carbocycles. The van der Waals surface area contributed by atoms with Gasteiger partial charge in [-0.1, -0.05) is 12.1 Å². The number of hydrogen-bond donors (Lipinski definition) is 1. The minimum absolute atomic E-state index is 0.342. The Kier molecular flexibility index (Phi) is 4.28. The summed E-state index contributed by atoms with van der Waals surface area (Å²) in [6.07, 6.45) is 2.18. The van der Waals surface area contributed by atoms with Gasteiger partial charge in [0, 0.05) is 0 Å². The molecular formula is C15H20N2O2. The number of para-hydroxylation sites is 2. The van der Waals surface area contributed by atoms with Crippen molar-refractivity contribution in [3.05, 3.63) is 24.3 Å². The molecule has 1 saturated carbocycles. The van der Waals surface area contributed by atoms with Gasteiger partial charge in [-0.05, 0) is 44.9 Å². The first-order chi connectivity index (χ1) is 9.25. The van der Waals surface area contributed by atoms with E-state index in [4.69, 9.17) is 9.47 Å². The van der Waals surface area contributed by atoms with Gasteiger partial charge >= 0.3 is 0 Å². The van der Waals surface area contributed by atoms with Crippen molar-refractivity contribution in [1.82, 2.24) is 5.32 Å². The van der Waals surface area contributed by atoms with Gasteiger partial charge in [0.2, 0.25) is 0 Å². The van der Waals surface area contributed by atoms with E-state index in [1.165, 1.54) is 0 Å². The summed E-state index contributed by atoms with van der Waals surface area (Å²) >= 11 is 0. The lowest BCUT2D eigenvalue weighted by molar-refractivity contribution is 0.201. The Hall–Kier alpha value is -1.73. The average Bonchev–Trinajstić information content (AvgIpc) is 3.28. The maximum absolute atomic E-state index is 9.41. The molecule has 19 heavy (non-hydrogen) atoms. The molecule has 1 N–H and O–H groups in total. The molecule has 1 unspecified atom stereocenters. The highest BCUT2D eigenvalue weighted by Gasteiger charge is 2.45. The fourth-order valence-corrected chi connectivity index (χ4v) is 2.19. The Labute approximate surface area is 114 Å². The first-order valence-electron chi connectivity index (χ1n) is 6.70. The molecule has 0 amide bonds. The van der Waals surface area contributed by atoms with Crippen molar-refractivity contribution in [2.75, 3.05) is 20.3 Å². The van der Waals surface area contributed by atoms with Gasteiger partial charge in [0.1, 0.15) is 12.1 Å². The summed E-state index contributed by atoms with van der Waals surface area (Å²) in [5, 5.41) is 12.5. The second-order valence-electron chi connectivity index (χ2n) is 4.78. The maximum atomic E-state index is 9.41. The second-order valence-corrected chi connectivity index (χ2v) is 4.78. The number of hydrogen-bond acceptors (Lipinski definition) is 4. The Morgan fingerprint density at radius 1 is 1.32 bits per heavy atom. The third-order valence-corrected chi connectivity index (χ3v) is 3.52. The number of nitrogens with one attached hydrogen (secondary N) is 1. The number of rotatable bonds is 7. The molecule has 0 spiro atoms. The van der Waals surface area contributed by atoms with Crippen molar-refractivity contribution >= 4 is 0 Å². The summed E-state index contributed by atoms with van der Waals surface area (Å²) in [6.45, 7) is 2.88. The molecule has 4 heteroatoms. The summed E-state index contributed by atoms with van der Waals surface area (Å²) in [7, 11) is 1.82. The summed E-state index contributed by atoms with van der Waals surface area (Å²) < 4.78 is 11.3. The first-order valence-corrected chi connectivity index (χ1v) is 6.70. The lowest BCUT2D eigenvalue weighted by Gasteiger charge is -2.26. The van der Waals surface area contributed by atoms with E-state index in [2.05, 4.69) is 11.4 Å². The van der Waals surface area contributed by atoms with E-state index in [9.17, 15) is 5.26 Å². The van der Waals surface area contributed by atoms with Crippen LogP contribution < -0.4 is 14.8 Å². The first kappa shape index (κ1) is 13.7. The van der Waals surface area contributed by atoms with E-state index >= 15 is 0 Å². The number of nitrogens with zero attached hydrogens (tertiary/aromatic N) is 1. The molecule has 1 fully saturated rings. The molecule has 0 heterocycles. The van der Waals surface area contributed by atoms with Crippen LogP contribution in [0.1, 0.15) is 19.8 Å². The van der Waals surface area contributed by atoms with Crippen molar-refractivity contribution in [3.63, 3.8) is 0 Å². The normalized spacial score (nSPS) is 17.3. The second kappa shape index (κ2) is 5.94. The monoisotopic (exact) mass is 260 g/mol. The van der Waals surface area contributed by atoms with Crippen LogP contribution >= 0.6 is 0 Å². The van der Waals surface area contributed by atoms with Gasteiger partial charge in [0.05, 0.1) is 12.7 Å². The largest absolute Gasteiger partial charge is 0.490 e. The number of ether oxygens (including phenoxy) is 2. The molecule has 0 aliphatic heterocycles. The topological polar surface area (TPSA) is 54.3 Å². The highest BCUT2D eigenvalue weighted by atomic mass is 16.5. The highest BCUT2D eigenvalue weighted by Crippen LogP contribution is 2.40. The van der Waals surface area contributed by atoms with Gasteiger partial charge in [0.25, 0.3) is 0 Å². The van der Waals surface area contributed by atoms with Crippen molar-refractivity contribution in [2.24, 2.45) is 5.92 Å². The van der Waals surface area contributed by atoms with E-state index < -0.39 is 5.54 Å². The molecule has 1 aromatic carbocycles. The Morgan fingerprint density at radius 2 is 1.95 bits per heavy atom. The molecule has 0 saturated heterocycles. The zero-order valence-electron chi connectivity index (χ0n) is 11.5. The molecule has 2 rings (SSSR count). The average molecular weight is 260 g/mol. The van der Waals surface area contributed by atoms with Crippen LogP contribution in [0.15, 0.2) is 24.3 Å². The predicted octanol–water partition coefficient (Wildman–Crippen LogP) is 2.36. The summed E-state index contributed by atoms with van der Waals surface area (Å²) in [5.41, 5.74) is -0.584. The van der Waals surface area contributed by atoms with Gasteiger partial charge in [-0.3, -0.25) is 5.32 Å². The molecule has 0 bridgehead atoms. The van der Waals surface area contributed by atoms with Crippen molar-refractivity contribution < 1.29 is 9.47 Å². The van der Waals surface area contributed by atoms with Crippen LogP contribution in [0.2, 0.25) is 0 Å². The lowest BCUT2D eigenvalue weighted by atomic mass is 9.96. The maximum Gasteiger partial charge on any atom is 0.161 e. The van der Waals surface area contributed by atoms with Crippen molar-refractivity contribution in [2.45, 2.75) is 25.3 Å². The molecule has 102 valence electrons. The van der Waals surface area contributed by atoms with Crippen LogP contribution in [0.25, 0.3) is 0 Å². The third kappa shape index (κ3) is 2.99. The third-order valence-electron chi connectivity index (χ3n) is 3.52. The fourth-order valence-electron chi connectivity index (χ4n) is 2.19. The van der Waals surface area contributed by atoms with Gasteiger partial charge in [0.15, 0.2) is 11.5 Å². The van der Waals surface area contributed by atoms with Crippen LogP contribution in [-0.2, 0) is 0 Å². The van der Waals surface area contributed by atoms with E-state index in [1.807, 2.05) is 38.2 Å². The number of likely N-dealkylation sites (N-methyl/N-ethyl adjacent to an activating group) is 1. The smallest absolute Gasteiger partial charge is 0.161 e. The summed E-state index contributed by atoms with van der Waals surface area (Å²) in [4.78, 5) is 0. The van der Waals surface area contributed by atoms with Crippen molar-refractivity contribution in [1.29, 1.82) is 5.26 Å². The molecule has 4 nitrogen and oxygen atoms in total. The number of benzene rings is 1. The molecule has 0 aromatic heterocycles. The highest BCUT2D eigenvalue weighted by molar-refractivity contribution is 5.39. The van der Waals surface area contributed by atoms with E-state index in [-0.39, 0.29) is 0 Å². The SMILES string of the molecule is CCOc1ccccc1OCC(C#N)(NC)C1CC1. The Morgan fingerprint density at radius 3 is 2.42 bits per heavy atom. The van der Waals surface area contributed by atoms with E-state index in [0.29, 0.717) is 24.9 Å². The van der Waals surface area contributed by atoms with Crippen LogP contribution in [0.3, 0.4) is 0 Å². The Bertz CT molecular complexity index is 465. The molecular weight excluding hydrogens is 240 g/mol. The van der Waals surface area contributed by atoms with Gasteiger partial charge < -0.3 is 9.47 Å². The quantitative estimate of drug-likeness (QED) is 0.817. The van der Waals surface area contributed by atoms with Gasteiger partial charge in [-0.25, -0.2) is 0 Å². The fraction of sp³-hybridized carbons (Fsp3) is 0.533. The van der Waals surface area contributed by atoms with Gasteiger partial charge in [-0.15, -0.1) is 0 Å². The summed E-state index contributed by atoms with van der Waals surface area (Å²) in [5.74, 6) is 1.81. The summed E-state index contributed by atoms with van der Waals surface area (Å²) in [6, 6.07) is 9.94. The zero-order chi connectivity index (χ0) is 13.7. The number of nitriles is 1. The molecule has 1 aromatic rings. The van der Waals surface area contributed by atoms with E-state index in [1.54, 1.807) is 0 Å². The Balaban J connectivity index is 2.07. The van der Waals surface area contributed by atoms with Crippen molar-refractivity contribution in [3.8, 4) is 17.6 Å².